The van der Waals surface area contributed by atoms with Crippen molar-refractivity contribution in [2.75, 3.05) is 6.61 Å². The Labute approximate surface area is 139 Å². The minimum Gasteiger partial charge on any atom is -0.493 e. The van der Waals surface area contributed by atoms with Crippen LogP contribution < -0.4 is 15.8 Å². The summed E-state index contributed by atoms with van der Waals surface area (Å²) in [6, 6.07) is 16.3. The van der Waals surface area contributed by atoms with Crippen LogP contribution in [0, 0.1) is 0 Å². The van der Waals surface area contributed by atoms with Gasteiger partial charge in [-0.05, 0) is 11.6 Å². The van der Waals surface area contributed by atoms with Gasteiger partial charge in [-0.25, -0.2) is 4.79 Å². The second-order valence-electron chi connectivity index (χ2n) is 5.55. The van der Waals surface area contributed by atoms with Gasteiger partial charge >= 0.3 is 6.09 Å². The van der Waals surface area contributed by atoms with Gasteiger partial charge in [-0.3, -0.25) is 4.79 Å². The van der Waals surface area contributed by atoms with Gasteiger partial charge in [0.25, 0.3) is 0 Å². The second-order valence-corrected chi connectivity index (χ2v) is 5.55. The van der Waals surface area contributed by atoms with Crippen LogP contribution in [0.2, 0.25) is 0 Å². The third-order valence-electron chi connectivity index (χ3n) is 4.03. The highest BCUT2D eigenvalue weighted by molar-refractivity contribution is 5.91. The number of para-hydroxylation sites is 1. The highest BCUT2D eigenvalue weighted by Crippen LogP contribution is 2.36. The third kappa shape index (κ3) is 3.03. The molecule has 6 heteroatoms. The number of nitrogens with two attached hydrogens (primary N) is 1. The molecule has 0 fully saturated rings. The fraction of sp³-hybridized carbons (Fsp3) is 0.222. The SMILES string of the molecule is NC(=O)C1(NC(=O)OCc2ccccc2)CCOc2ccccc21. The summed E-state index contributed by atoms with van der Waals surface area (Å²) < 4.78 is 10.8. The number of benzene rings is 2. The molecular weight excluding hydrogens is 308 g/mol. The van der Waals surface area contributed by atoms with Crippen LogP contribution in [0.15, 0.2) is 54.6 Å². The largest absolute Gasteiger partial charge is 0.493 e. The van der Waals surface area contributed by atoms with Crippen LogP contribution in [-0.2, 0) is 21.7 Å². The minimum atomic E-state index is -1.33. The van der Waals surface area contributed by atoms with Crippen molar-refractivity contribution in [1.82, 2.24) is 5.32 Å². The maximum absolute atomic E-state index is 12.2. The Hall–Kier alpha value is -3.02. The molecule has 1 unspecified atom stereocenters. The summed E-state index contributed by atoms with van der Waals surface area (Å²) in [6.07, 6.45) is -0.450. The number of rotatable bonds is 4. The predicted molar refractivity (Wildman–Crippen MR) is 87.2 cm³/mol. The average molecular weight is 326 g/mol. The summed E-state index contributed by atoms with van der Waals surface area (Å²) >= 11 is 0. The summed E-state index contributed by atoms with van der Waals surface area (Å²) in [4.78, 5) is 24.4. The molecule has 0 saturated carbocycles. The Morgan fingerprint density at radius 3 is 2.58 bits per heavy atom. The van der Waals surface area contributed by atoms with E-state index < -0.39 is 17.5 Å². The molecule has 1 heterocycles. The van der Waals surface area contributed by atoms with E-state index in [1.165, 1.54) is 0 Å². The number of ether oxygens (including phenoxy) is 2. The van der Waals surface area contributed by atoms with Crippen molar-refractivity contribution in [2.45, 2.75) is 18.6 Å². The van der Waals surface area contributed by atoms with Gasteiger partial charge in [-0.15, -0.1) is 0 Å². The number of carbonyl (C=O) groups is 2. The monoisotopic (exact) mass is 326 g/mol. The van der Waals surface area contributed by atoms with E-state index in [9.17, 15) is 9.59 Å². The number of hydrogen-bond acceptors (Lipinski definition) is 4. The van der Waals surface area contributed by atoms with Crippen LogP contribution in [0.3, 0.4) is 0 Å². The zero-order valence-electron chi connectivity index (χ0n) is 13.0. The zero-order chi connectivity index (χ0) is 17.0. The molecule has 1 atom stereocenters. The first kappa shape index (κ1) is 15.9. The normalized spacial score (nSPS) is 18.8. The Kier molecular flexibility index (Phi) is 4.37. The van der Waals surface area contributed by atoms with Gasteiger partial charge < -0.3 is 20.5 Å². The topological polar surface area (TPSA) is 90.7 Å². The van der Waals surface area contributed by atoms with Crippen molar-refractivity contribution in [2.24, 2.45) is 5.73 Å². The first-order valence-electron chi connectivity index (χ1n) is 7.63. The highest BCUT2D eigenvalue weighted by atomic mass is 16.5. The molecule has 2 aromatic carbocycles. The maximum Gasteiger partial charge on any atom is 0.408 e. The van der Waals surface area contributed by atoms with E-state index >= 15 is 0 Å². The van der Waals surface area contributed by atoms with Gasteiger partial charge in [0.05, 0.1) is 6.61 Å². The molecular formula is C18H18N2O4. The minimum absolute atomic E-state index is 0.111. The Balaban J connectivity index is 1.78. The molecule has 3 rings (SSSR count). The molecule has 2 amide bonds. The lowest BCUT2D eigenvalue weighted by Gasteiger charge is -2.36. The zero-order valence-corrected chi connectivity index (χ0v) is 13.0. The standard InChI is InChI=1S/C18H18N2O4/c19-16(21)18(10-11-23-15-9-5-4-8-14(15)18)20-17(22)24-12-13-6-2-1-3-7-13/h1-9H,10-12H2,(H2,19,21)(H,20,22). The van der Waals surface area contributed by atoms with Crippen LogP contribution in [0.25, 0.3) is 0 Å². The number of nitrogens with one attached hydrogen (secondary N) is 1. The molecule has 24 heavy (non-hydrogen) atoms. The van der Waals surface area contributed by atoms with Crippen LogP contribution in [0.1, 0.15) is 17.5 Å². The Morgan fingerprint density at radius 1 is 1.12 bits per heavy atom. The molecule has 6 nitrogen and oxygen atoms in total. The van der Waals surface area contributed by atoms with Gasteiger partial charge in [-0.1, -0.05) is 48.5 Å². The average Bonchev–Trinajstić information content (AvgIpc) is 2.61. The van der Waals surface area contributed by atoms with Gasteiger partial charge in [0.1, 0.15) is 12.4 Å². The number of carbonyl (C=O) groups excluding carboxylic acids is 2. The molecule has 1 aliphatic rings. The van der Waals surface area contributed by atoms with Crippen molar-refractivity contribution < 1.29 is 19.1 Å². The Bertz CT molecular complexity index is 748. The first-order valence-corrected chi connectivity index (χ1v) is 7.63. The van der Waals surface area contributed by atoms with Crippen LogP contribution in [-0.4, -0.2) is 18.6 Å². The van der Waals surface area contributed by atoms with Crippen molar-refractivity contribution in [3.63, 3.8) is 0 Å². The molecule has 0 spiro atoms. The molecule has 0 bridgehead atoms. The smallest absolute Gasteiger partial charge is 0.408 e. The van der Waals surface area contributed by atoms with Crippen molar-refractivity contribution in [1.29, 1.82) is 0 Å². The summed E-state index contributed by atoms with van der Waals surface area (Å²) in [5, 5.41) is 2.64. The summed E-state index contributed by atoms with van der Waals surface area (Å²) in [6.45, 7) is 0.387. The molecule has 1 aliphatic heterocycles. The van der Waals surface area contributed by atoms with E-state index in [1.807, 2.05) is 30.3 Å². The molecule has 3 N–H and O–H groups in total. The number of primary amides is 1. The first-order chi connectivity index (χ1) is 11.6. The lowest BCUT2D eigenvalue weighted by Crippen LogP contribution is -2.57. The lowest BCUT2D eigenvalue weighted by atomic mass is 9.84. The number of amides is 2. The van der Waals surface area contributed by atoms with E-state index in [-0.39, 0.29) is 19.6 Å². The predicted octanol–water partition coefficient (Wildman–Crippen LogP) is 2.08. The van der Waals surface area contributed by atoms with Crippen molar-refractivity contribution >= 4 is 12.0 Å². The number of alkyl carbamates (subject to hydrolysis) is 1. The lowest BCUT2D eigenvalue weighted by molar-refractivity contribution is -0.125. The molecule has 0 aromatic heterocycles. The van der Waals surface area contributed by atoms with Gasteiger partial charge in [-0.2, -0.15) is 0 Å². The van der Waals surface area contributed by atoms with E-state index in [4.69, 9.17) is 15.2 Å². The van der Waals surface area contributed by atoms with Gasteiger partial charge in [0.15, 0.2) is 5.54 Å². The molecule has 2 aromatic rings. The van der Waals surface area contributed by atoms with Gasteiger partial charge in [0, 0.05) is 12.0 Å². The highest BCUT2D eigenvalue weighted by Gasteiger charge is 2.45. The number of hydrogen-bond donors (Lipinski definition) is 2. The second kappa shape index (κ2) is 6.62. The summed E-state index contributed by atoms with van der Waals surface area (Å²) in [5.41, 5.74) is 5.67. The van der Waals surface area contributed by atoms with Crippen molar-refractivity contribution in [3.05, 3.63) is 65.7 Å². The van der Waals surface area contributed by atoms with Crippen LogP contribution in [0.5, 0.6) is 5.75 Å². The van der Waals surface area contributed by atoms with E-state index in [0.29, 0.717) is 11.3 Å². The third-order valence-corrected chi connectivity index (χ3v) is 4.03. The van der Waals surface area contributed by atoms with E-state index in [1.54, 1.807) is 24.3 Å². The maximum atomic E-state index is 12.2. The van der Waals surface area contributed by atoms with Crippen molar-refractivity contribution in [3.8, 4) is 5.75 Å². The Morgan fingerprint density at radius 2 is 1.83 bits per heavy atom. The van der Waals surface area contributed by atoms with E-state index in [0.717, 1.165) is 5.56 Å². The van der Waals surface area contributed by atoms with E-state index in [2.05, 4.69) is 5.32 Å². The fourth-order valence-corrected chi connectivity index (χ4v) is 2.77. The van der Waals surface area contributed by atoms with Crippen LogP contribution >= 0.6 is 0 Å². The molecule has 0 aliphatic carbocycles. The fourth-order valence-electron chi connectivity index (χ4n) is 2.77. The number of fused-ring (bicyclic) bond motifs is 1. The molecule has 124 valence electrons. The van der Waals surface area contributed by atoms with Crippen LogP contribution in [0.4, 0.5) is 4.79 Å². The van der Waals surface area contributed by atoms with Gasteiger partial charge in [0.2, 0.25) is 5.91 Å². The summed E-state index contributed by atoms with van der Waals surface area (Å²) in [5.74, 6) is -0.110. The molecule has 0 radical (unpaired) electrons. The summed E-state index contributed by atoms with van der Waals surface area (Å²) in [7, 11) is 0. The quantitative estimate of drug-likeness (QED) is 0.900. The molecule has 0 saturated heterocycles.